The Bertz CT molecular complexity index is 674. The maximum Gasteiger partial charge on any atom is 0.417 e. The van der Waals surface area contributed by atoms with Crippen molar-refractivity contribution < 1.29 is 22.7 Å². The van der Waals surface area contributed by atoms with Crippen molar-refractivity contribution in [2.75, 3.05) is 0 Å². The van der Waals surface area contributed by atoms with E-state index in [0.29, 0.717) is 5.56 Å². The number of alkyl halides is 3. The maximum absolute atomic E-state index is 12.9. The molecule has 0 aliphatic heterocycles. The number of halogens is 4. The predicted molar refractivity (Wildman–Crippen MR) is 78.1 cm³/mol. The van der Waals surface area contributed by atoms with Crippen LogP contribution in [-0.4, -0.2) is 5.91 Å². The van der Waals surface area contributed by atoms with Crippen molar-refractivity contribution in [2.24, 2.45) is 5.73 Å². The Morgan fingerprint density at radius 2 is 1.77 bits per heavy atom. The summed E-state index contributed by atoms with van der Waals surface area (Å²) in [5.41, 5.74) is 4.85. The van der Waals surface area contributed by atoms with Gasteiger partial charge in [0.15, 0.2) is 0 Å². The van der Waals surface area contributed by atoms with Crippen molar-refractivity contribution in [1.29, 1.82) is 0 Å². The van der Waals surface area contributed by atoms with E-state index in [2.05, 4.69) is 15.9 Å². The number of carbonyl (C=O) groups is 1. The van der Waals surface area contributed by atoms with Crippen LogP contribution in [0.4, 0.5) is 13.2 Å². The van der Waals surface area contributed by atoms with Gasteiger partial charge < -0.3 is 10.5 Å². The minimum atomic E-state index is -4.53. The highest BCUT2D eigenvalue weighted by atomic mass is 79.9. The molecule has 0 bridgehead atoms. The average molecular weight is 374 g/mol. The molecular formula is C15H11BrF3NO2. The summed E-state index contributed by atoms with van der Waals surface area (Å²) in [5.74, 6) is -0.883. The Morgan fingerprint density at radius 3 is 2.32 bits per heavy atom. The normalized spacial score (nSPS) is 12.7. The van der Waals surface area contributed by atoms with Crippen LogP contribution in [0.3, 0.4) is 0 Å². The van der Waals surface area contributed by atoms with E-state index >= 15 is 0 Å². The lowest BCUT2D eigenvalue weighted by atomic mass is 10.1. The molecule has 0 spiro atoms. The van der Waals surface area contributed by atoms with Gasteiger partial charge in [-0.2, -0.15) is 13.2 Å². The number of amides is 1. The van der Waals surface area contributed by atoms with Crippen LogP contribution >= 0.6 is 15.9 Å². The van der Waals surface area contributed by atoms with E-state index in [1.807, 2.05) is 0 Å². The molecule has 0 aromatic heterocycles. The summed E-state index contributed by atoms with van der Waals surface area (Å²) in [6, 6.07) is 11.7. The molecule has 0 radical (unpaired) electrons. The quantitative estimate of drug-likeness (QED) is 0.877. The SMILES string of the molecule is NC(=O)C(Oc1ccc(Br)c(C(F)(F)F)c1)c1ccccc1. The molecule has 2 aromatic carbocycles. The summed E-state index contributed by atoms with van der Waals surface area (Å²) in [5, 5.41) is 0. The van der Waals surface area contributed by atoms with Crippen molar-refractivity contribution >= 4 is 21.8 Å². The van der Waals surface area contributed by atoms with Gasteiger partial charge in [0.05, 0.1) is 5.56 Å². The molecule has 3 nitrogen and oxygen atoms in total. The van der Waals surface area contributed by atoms with E-state index in [1.165, 1.54) is 12.1 Å². The lowest BCUT2D eigenvalue weighted by Gasteiger charge is -2.18. The van der Waals surface area contributed by atoms with E-state index in [9.17, 15) is 18.0 Å². The molecule has 1 amide bonds. The number of hydrogen-bond donors (Lipinski definition) is 1. The Morgan fingerprint density at radius 1 is 1.14 bits per heavy atom. The van der Waals surface area contributed by atoms with E-state index in [4.69, 9.17) is 10.5 Å². The van der Waals surface area contributed by atoms with Crippen LogP contribution in [-0.2, 0) is 11.0 Å². The lowest BCUT2D eigenvalue weighted by molar-refractivity contribution is -0.138. The van der Waals surface area contributed by atoms with Gasteiger partial charge in [0.2, 0.25) is 6.10 Å². The second-order valence-electron chi connectivity index (χ2n) is 4.45. The van der Waals surface area contributed by atoms with Crippen LogP contribution in [0.15, 0.2) is 53.0 Å². The van der Waals surface area contributed by atoms with Crippen molar-refractivity contribution in [1.82, 2.24) is 0 Å². The fraction of sp³-hybridized carbons (Fsp3) is 0.133. The number of primary amides is 1. The number of hydrogen-bond acceptors (Lipinski definition) is 2. The zero-order chi connectivity index (χ0) is 16.3. The zero-order valence-electron chi connectivity index (χ0n) is 11.1. The summed E-state index contributed by atoms with van der Waals surface area (Å²) in [7, 11) is 0. The molecule has 1 atom stereocenters. The fourth-order valence-electron chi connectivity index (χ4n) is 1.85. The number of carbonyl (C=O) groups excluding carboxylic acids is 1. The Kier molecular flexibility index (Phi) is 4.75. The highest BCUT2D eigenvalue weighted by Gasteiger charge is 2.33. The molecule has 22 heavy (non-hydrogen) atoms. The highest BCUT2D eigenvalue weighted by molar-refractivity contribution is 9.10. The van der Waals surface area contributed by atoms with Gasteiger partial charge in [-0.1, -0.05) is 46.3 Å². The van der Waals surface area contributed by atoms with Gasteiger partial charge in [-0.05, 0) is 18.2 Å². The Labute approximate surface area is 133 Å². The molecule has 0 saturated carbocycles. The van der Waals surface area contributed by atoms with Gasteiger partial charge >= 0.3 is 6.18 Å². The van der Waals surface area contributed by atoms with Gasteiger partial charge in [-0.15, -0.1) is 0 Å². The second kappa shape index (κ2) is 6.39. The van der Waals surface area contributed by atoms with Crippen LogP contribution in [0, 0.1) is 0 Å². The maximum atomic E-state index is 12.9. The van der Waals surface area contributed by atoms with E-state index in [1.54, 1.807) is 30.3 Å². The lowest BCUT2D eigenvalue weighted by Crippen LogP contribution is -2.26. The first-order chi connectivity index (χ1) is 10.3. The monoisotopic (exact) mass is 373 g/mol. The standard InChI is InChI=1S/C15H11BrF3NO2/c16-12-7-6-10(8-11(12)15(17,18)19)22-13(14(20)21)9-4-2-1-3-5-9/h1-8,13H,(H2,20,21). The summed E-state index contributed by atoms with van der Waals surface area (Å²) in [4.78, 5) is 11.5. The Hall–Kier alpha value is -2.02. The summed E-state index contributed by atoms with van der Waals surface area (Å²) in [6.07, 6.45) is -5.70. The van der Waals surface area contributed by atoms with Gasteiger partial charge in [-0.3, -0.25) is 4.79 Å². The Balaban J connectivity index is 2.34. The third kappa shape index (κ3) is 3.79. The molecule has 0 saturated heterocycles. The first kappa shape index (κ1) is 16.4. The summed E-state index contributed by atoms with van der Waals surface area (Å²) in [6.45, 7) is 0. The highest BCUT2D eigenvalue weighted by Crippen LogP contribution is 2.37. The summed E-state index contributed by atoms with van der Waals surface area (Å²) >= 11 is 2.84. The van der Waals surface area contributed by atoms with E-state index < -0.39 is 23.8 Å². The average Bonchev–Trinajstić information content (AvgIpc) is 2.45. The third-order valence-corrected chi connectivity index (χ3v) is 3.55. The topological polar surface area (TPSA) is 52.3 Å². The van der Waals surface area contributed by atoms with E-state index in [-0.39, 0.29) is 10.2 Å². The van der Waals surface area contributed by atoms with Crippen molar-refractivity contribution in [3.05, 3.63) is 64.1 Å². The number of nitrogens with two attached hydrogens (primary N) is 1. The minimum Gasteiger partial charge on any atom is -0.476 e. The predicted octanol–water partition coefficient (Wildman–Crippen LogP) is 4.07. The minimum absolute atomic E-state index is 0.0943. The van der Waals surface area contributed by atoms with Gasteiger partial charge in [0.25, 0.3) is 5.91 Å². The molecule has 116 valence electrons. The molecule has 1 unspecified atom stereocenters. The van der Waals surface area contributed by atoms with Crippen molar-refractivity contribution in [2.45, 2.75) is 12.3 Å². The molecule has 7 heteroatoms. The molecule has 2 N–H and O–H groups in total. The van der Waals surface area contributed by atoms with Gasteiger partial charge in [0, 0.05) is 10.0 Å². The molecule has 0 aliphatic rings. The van der Waals surface area contributed by atoms with Crippen LogP contribution in [0.1, 0.15) is 17.2 Å². The van der Waals surface area contributed by atoms with Gasteiger partial charge in [-0.25, -0.2) is 0 Å². The van der Waals surface area contributed by atoms with Crippen molar-refractivity contribution in [3.63, 3.8) is 0 Å². The first-order valence-electron chi connectivity index (χ1n) is 6.16. The largest absolute Gasteiger partial charge is 0.476 e. The summed E-state index contributed by atoms with van der Waals surface area (Å²) < 4.78 is 43.9. The smallest absolute Gasteiger partial charge is 0.417 e. The first-order valence-corrected chi connectivity index (χ1v) is 6.96. The molecule has 2 rings (SSSR count). The van der Waals surface area contributed by atoms with Crippen LogP contribution < -0.4 is 10.5 Å². The van der Waals surface area contributed by atoms with Crippen LogP contribution in [0.5, 0.6) is 5.75 Å². The molecular weight excluding hydrogens is 363 g/mol. The number of benzene rings is 2. The number of rotatable bonds is 4. The third-order valence-electron chi connectivity index (χ3n) is 2.86. The number of ether oxygens (including phenoxy) is 1. The molecule has 0 aliphatic carbocycles. The molecule has 2 aromatic rings. The fourth-order valence-corrected chi connectivity index (χ4v) is 2.32. The second-order valence-corrected chi connectivity index (χ2v) is 5.30. The molecule has 0 fully saturated rings. The molecule has 0 heterocycles. The zero-order valence-corrected chi connectivity index (χ0v) is 12.7. The van der Waals surface area contributed by atoms with Crippen LogP contribution in [0.2, 0.25) is 0 Å². The van der Waals surface area contributed by atoms with Crippen LogP contribution in [0.25, 0.3) is 0 Å². The van der Waals surface area contributed by atoms with Gasteiger partial charge in [0.1, 0.15) is 5.75 Å². The van der Waals surface area contributed by atoms with E-state index in [0.717, 1.165) is 6.07 Å². The van der Waals surface area contributed by atoms with Crippen molar-refractivity contribution in [3.8, 4) is 5.75 Å².